The first-order valence-corrected chi connectivity index (χ1v) is 13.3. The topological polar surface area (TPSA) is 90.8 Å². The Morgan fingerprint density at radius 3 is 2.66 bits per heavy atom. The van der Waals surface area contributed by atoms with Crippen LogP contribution in [-0.2, 0) is 28.2 Å². The summed E-state index contributed by atoms with van der Waals surface area (Å²) in [6, 6.07) is 6.73. The number of sulfone groups is 1. The minimum atomic E-state index is -3.59. The summed E-state index contributed by atoms with van der Waals surface area (Å²) in [5.74, 6) is -0.346. The van der Waals surface area contributed by atoms with Crippen molar-refractivity contribution in [2.24, 2.45) is 12.0 Å². The van der Waals surface area contributed by atoms with E-state index in [1.165, 1.54) is 5.69 Å². The van der Waals surface area contributed by atoms with Crippen LogP contribution in [0.5, 0.6) is 0 Å². The molecule has 0 spiro atoms. The van der Waals surface area contributed by atoms with Gasteiger partial charge in [-0.3, -0.25) is 14.7 Å². The summed E-state index contributed by atoms with van der Waals surface area (Å²) in [4.78, 5) is 24.9. The average Bonchev–Trinajstić information content (AvgIpc) is 3.36. The third-order valence-corrected chi connectivity index (χ3v) is 8.72. The molecule has 0 unspecified atom stereocenters. The molecule has 3 heterocycles. The fraction of sp³-hybridized carbons (Fsp3) is 0.429. The van der Waals surface area contributed by atoms with Crippen molar-refractivity contribution in [1.29, 1.82) is 0 Å². The predicted octanol–water partition coefficient (Wildman–Crippen LogP) is 2.26. The van der Waals surface area contributed by atoms with Gasteiger partial charge in [-0.05, 0) is 24.3 Å². The maximum absolute atomic E-state index is 12.7. The molecule has 8 nitrogen and oxygen atoms in total. The average molecular weight is 496 g/mol. The van der Waals surface area contributed by atoms with E-state index >= 15 is 0 Å². The van der Waals surface area contributed by atoms with Gasteiger partial charge in [0.05, 0.1) is 5.75 Å². The third-order valence-electron chi connectivity index (χ3n) is 5.80. The Morgan fingerprint density at radius 2 is 1.97 bits per heavy atom. The van der Waals surface area contributed by atoms with Gasteiger partial charge in [-0.15, -0.1) is 11.3 Å². The van der Waals surface area contributed by atoms with E-state index in [0.29, 0.717) is 23.6 Å². The van der Waals surface area contributed by atoms with Gasteiger partial charge in [-0.25, -0.2) is 8.42 Å². The number of nitrogens with zero attached hydrogens (tertiary/aromatic N) is 4. The van der Waals surface area contributed by atoms with E-state index in [-0.39, 0.29) is 23.1 Å². The molecule has 4 rings (SSSR count). The van der Waals surface area contributed by atoms with Crippen molar-refractivity contribution < 1.29 is 13.2 Å². The molecule has 0 saturated carbocycles. The number of hydrogen-bond donors (Lipinski definition) is 1. The van der Waals surface area contributed by atoms with E-state index in [0.717, 1.165) is 29.8 Å². The largest absolute Gasteiger partial charge is 0.346 e. The lowest BCUT2D eigenvalue weighted by Gasteiger charge is -2.34. The zero-order chi connectivity index (χ0) is 22.9. The van der Waals surface area contributed by atoms with Crippen LogP contribution in [0.3, 0.4) is 0 Å². The van der Waals surface area contributed by atoms with Gasteiger partial charge < -0.3 is 14.5 Å². The molecular formula is C21H26ClN5O3S2. The molecule has 1 aliphatic rings. The molecule has 0 atom stereocenters. The first-order valence-electron chi connectivity index (χ1n) is 10.3. The third kappa shape index (κ3) is 4.93. The number of H-pyrrole nitrogens is 1. The molecule has 1 fully saturated rings. The Kier molecular flexibility index (Phi) is 6.75. The van der Waals surface area contributed by atoms with Gasteiger partial charge >= 0.3 is 0 Å². The number of carbonyl (C=O) groups is 1. The summed E-state index contributed by atoms with van der Waals surface area (Å²) in [6.07, 6.45) is -0.0285. The highest BCUT2D eigenvalue weighted by atomic mass is 35.5. The highest BCUT2D eigenvalue weighted by Gasteiger charge is 2.25. The molecule has 1 amide bonds. The standard InChI is InChI=1S/C21H26ClN5O3S2/c1-23-21-25(2)17(14-31-21)13-26-6-8-27(9-7-26)20(28)5-10-32(29,30)19-12-15-11-16(22)3-4-18(15)24-19/h3-4,11-12,14,24H,5-10,13H2,1-2H3. The molecule has 1 saturated heterocycles. The Hall–Kier alpha value is -2.14. The van der Waals surface area contributed by atoms with Crippen molar-refractivity contribution in [3.8, 4) is 0 Å². The molecule has 1 N–H and O–H groups in total. The van der Waals surface area contributed by atoms with Crippen LogP contribution in [0.4, 0.5) is 0 Å². The number of halogens is 1. The number of fused-ring (bicyclic) bond motifs is 1. The van der Waals surface area contributed by atoms with Crippen molar-refractivity contribution in [3.63, 3.8) is 0 Å². The fourth-order valence-corrected chi connectivity index (χ4v) is 6.14. The molecule has 0 radical (unpaired) electrons. The number of aromatic amines is 1. The quantitative estimate of drug-likeness (QED) is 0.568. The number of carbonyl (C=O) groups excluding carboxylic acids is 1. The Morgan fingerprint density at radius 1 is 1.22 bits per heavy atom. The number of thiazole rings is 1. The molecule has 0 aliphatic carbocycles. The van der Waals surface area contributed by atoms with Crippen molar-refractivity contribution in [2.45, 2.75) is 18.0 Å². The van der Waals surface area contributed by atoms with E-state index in [1.807, 2.05) is 7.05 Å². The van der Waals surface area contributed by atoms with Crippen LogP contribution in [0, 0.1) is 0 Å². The zero-order valence-electron chi connectivity index (χ0n) is 18.0. The summed E-state index contributed by atoms with van der Waals surface area (Å²) >= 11 is 7.60. The van der Waals surface area contributed by atoms with Gasteiger partial charge in [0.1, 0.15) is 5.03 Å². The molecule has 2 aromatic heterocycles. The van der Waals surface area contributed by atoms with Crippen LogP contribution in [0.1, 0.15) is 12.1 Å². The highest BCUT2D eigenvalue weighted by molar-refractivity contribution is 7.91. The fourth-order valence-electron chi connectivity index (χ4n) is 3.87. The minimum Gasteiger partial charge on any atom is -0.346 e. The number of rotatable bonds is 6. The molecule has 1 aromatic carbocycles. The van der Waals surface area contributed by atoms with E-state index in [1.54, 1.807) is 47.5 Å². The van der Waals surface area contributed by atoms with E-state index in [2.05, 4.69) is 24.8 Å². The van der Waals surface area contributed by atoms with Crippen molar-refractivity contribution in [3.05, 3.63) is 45.2 Å². The molecule has 3 aromatic rings. The lowest BCUT2D eigenvalue weighted by atomic mass is 10.2. The monoisotopic (exact) mass is 495 g/mol. The van der Waals surface area contributed by atoms with E-state index in [9.17, 15) is 13.2 Å². The number of nitrogens with one attached hydrogen (secondary N) is 1. The molecule has 32 heavy (non-hydrogen) atoms. The smallest absolute Gasteiger partial charge is 0.223 e. The second-order valence-electron chi connectivity index (χ2n) is 7.88. The number of amides is 1. The number of aromatic nitrogens is 2. The van der Waals surface area contributed by atoms with Gasteiger partial charge in [0.2, 0.25) is 5.91 Å². The normalized spacial score (nSPS) is 16.2. The van der Waals surface area contributed by atoms with Crippen LogP contribution in [0.15, 0.2) is 39.7 Å². The SMILES string of the molecule is CN=c1scc(CN2CCN(C(=O)CCS(=O)(=O)c3cc4cc(Cl)ccc4[nH]3)CC2)n1C. The van der Waals surface area contributed by atoms with Crippen LogP contribution in [0.25, 0.3) is 10.9 Å². The molecule has 1 aliphatic heterocycles. The first kappa shape index (κ1) is 23.0. The van der Waals surface area contributed by atoms with Crippen molar-refractivity contribution >= 4 is 49.6 Å². The lowest BCUT2D eigenvalue weighted by molar-refractivity contribution is -0.132. The zero-order valence-corrected chi connectivity index (χ0v) is 20.4. The Balaban J connectivity index is 1.31. The summed E-state index contributed by atoms with van der Waals surface area (Å²) in [7, 11) is 0.203. The number of hydrogen-bond acceptors (Lipinski definition) is 6. The van der Waals surface area contributed by atoms with Gasteiger partial charge in [0, 0.05) is 80.2 Å². The van der Waals surface area contributed by atoms with Crippen LogP contribution >= 0.6 is 22.9 Å². The second-order valence-corrected chi connectivity index (χ2v) is 11.2. The van der Waals surface area contributed by atoms with Gasteiger partial charge in [0.25, 0.3) is 0 Å². The summed E-state index contributed by atoms with van der Waals surface area (Å²) in [5, 5.41) is 3.51. The maximum atomic E-state index is 12.7. The molecule has 0 bridgehead atoms. The summed E-state index contributed by atoms with van der Waals surface area (Å²) < 4.78 is 27.6. The predicted molar refractivity (Wildman–Crippen MR) is 127 cm³/mol. The minimum absolute atomic E-state index is 0.0285. The van der Waals surface area contributed by atoms with Gasteiger partial charge in [-0.1, -0.05) is 11.6 Å². The summed E-state index contributed by atoms with van der Waals surface area (Å²) in [6.45, 7) is 3.53. The highest BCUT2D eigenvalue weighted by Crippen LogP contribution is 2.23. The van der Waals surface area contributed by atoms with Crippen molar-refractivity contribution in [2.75, 3.05) is 39.0 Å². The summed E-state index contributed by atoms with van der Waals surface area (Å²) in [5.41, 5.74) is 1.90. The number of benzene rings is 1. The molecule has 11 heteroatoms. The molecular weight excluding hydrogens is 470 g/mol. The van der Waals surface area contributed by atoms with Crippen LogP contribution in [-0.4, -0.2) is 72.7 Å². The number of piperazine rings is 1. The van der Waals surface area contributed by atoms with E-state index < -0.39 is 9.84 Å². The first-order chi connectivity index (χ1) is 15.3. The maximum Gasteiger partial charge on any atom is 0.223 e. The van der Waals surface area contributed by atoms with Crippen molar-refractivity contribution in [1.82, 2.24) is 19.4 Å². The second kappa shape index (κ2) is 9.38. The van der Waals surface area contributed by atoms with Gasteiger partial charge in [-0.2, -0.15) is 0 Å². The lowest BCUT2D eigenvalue weighted by Crippen LogP contribution is -2.48. The Bertz CT molecular complexity index is 1300. The van der Waals surface area contributed by atoms with Crippen LogP contribution < -0.4 is 4.80 Å². The van der Waals surface area contributed by atoms with Crippen LogP contribution in [0.2, 0.25) is 5.02 Å². The van der Waals surface area contributed by atoms with E-state index in [4.69, 9.17) is 11.6 Å². The van der Waals surface area contributed by atoms with Gasteiger partial charge in [0.15, 0.2) is 14.6 Å². The molecule has 172 valence electrons. The Labute approximate surface area is 196 Å².